The highest BCUT2D eigenvalue weighted by molar-refractivity contribution is 7.09. The van der Waals surface area contributed by atoms with Gasteiger partial charge in [0.05, 0.1) is 17.7 Å². The highest BCUT2D eigenvalue weighted by atomic mass is 35.5. The molecule has 3 rings (SSSR count). The summed E-state index contributed by atoms with van der Waals surface area (Å²) in [7, 11) is 0. The minimum atomic E-state index is -0.142. The first-order valence-electron chi connectivity index (χ1n) is 8.98. The molecule has 1 atom stereocenters. The van der Waals surface area contributed by atoms with Gasteiger partial charge >= 0.3 is 0 Å². The molecule has 2 aromatic rings. The van der Waals surface area contributed by atoms with Crippen molar-refractivity contribution >= 4 is 42.1 Å². The van der Waals surface area contributed by atoms with Crippen LogP contribution in [0.1, 0.15) is 33.5 Å². The molecule has 1 aliphatic heterocycles. The van der Waals surface area contributed by atoms with Crippen molar-refractivity contribution in [3.63, 3.8) is 0 Å². The fourth-order valence-electron chi connectivity index (χ4n) is 3.06. The Morgan fingerprint density at radius 3 is 2.93 bits per heavy atom. The Labute approximate surface area is 182 Å². The van der Waals surface area contributed by atoms with Crippen LogP contribution in [0, 0.1) is 0 Å². The quantitative estimate of drug-likeness (QED) is 0.682. The number of ether oxygens (including phenoxy) is 1. The highest BCUT2D eigenvalue weighted by Gasteiger charge is 2.16. The van der Waals surface area contributed by atoms with Crippen molar-refractivity contribution in [2.24, 2.45) is 5.73 Å². The third-order valence-electron chi connectivity index (χ3n) is 4.32. The van der Waals surface area contributed by atoms with Crippen LogP contribution in [0.3, 0.4) is 0 Å². The molecular formula is C19H28Cl2N4O2S. The Hall–Kier alpha value is -1.22. The molecule has 1 amide bonds. The van der Waals surface area contributed by atoms with E-state index < -0.39 is 0 Å². The average Bonchev–Trinajstić information content (AvgIpc) is 3.09. The molecule has 1 aliphatic rings. The van der Waals surface area contributed by atoms with Crippen molar-refractivity contribution in [2.75, 3.05) is 26.2 Å². The number of nitrogens with zero attached hydrogens (tertiary/aromatic N) is 2. The number of thiazole rings is 1. The van der Waals surface area contributed by atoms with Crippen molar-refractivity contribution in [1.82, 2.24) is 15.2 Å². The van der Waals surface area contributed by atoms with Gasteiger partial charge in [0, 0.05) is 38.0 Å². The third-order valence-corrected chi connectivity index (χ3v) is 5.23. The molecule has 1 unspecified atom stereocenters. The number of halogens is 2. The van der Waals surface area contributed by atoms with E-state index in [1.807, 2.05) is 12.1 Å². The third kappa shape index (κ3) is 7.31. The van der Waals surface area contributed by atoms with E-state index in [-0.39, 0.29) is 36.8 Å². The number of aromatic nitrogens is 1. The minimum Gasteiger partial charge on any atom is -0.376 e. The summed E-state index contributed by atoms with van der Waals surface area (Å²) in [5.74, 6) is -0.142. The summed E-state index contributed by atoms with van der Waals surface area (Å²) >= 11 is 1.48. The van der Waals surface area contributed by atoms with Gasteiger partial charge in [0.1, 0.15) is 5.69 Å². The summed E-state index contributed by atoms with van der Waals surface area (Å²) in [6.07, 6.45) is 0.994. The van der Waals surface area contributed by atoms with Gasteiger partial charge in [-0.2, -0.15) is 0 Å². The molecular weight excluding hydrogens is 419 g/mol. The minimum absolute atomic E-state index is 0. The molecule has 0 saturated carbocycles. The largest absolute Gasteiger partial charge is 0.376 e. The molecule has 0 bridgehead atoms. The number of hydrogen-bond acceptors (Lipinski definition) is 6. The zero-order valence-electron chi connectivity index (χ0n) is 15.9. The fourth-order valence-corrected chi connectivity index (χ4v) is 3.85. The number of nitrogens with one attached hydrogen (secondary N) is 1. The lowest BCUT2D eigenvalue weighted by Gasteiger charge is -2.31. The van der Waals surface area contributed by atoms with Crippen LogP contribution in [-0.4, -0.2) is 48.1 Å². The lowest BCUT2D eigenvalue weighted by molar-refractivity contribution is -0.0212. The molecule has 0 spiro atoms. The molecule has 156 valence electrons. The van der Waals surface area contributed by atoms with Crippen LogP contribution in [0.25, 0.3) is 0 Å². The normalized spacial score (nSPS) is 16.7. The van der Waals surface area contributed by atoms with Crippen LogP contribution >= 0.6 is 36.2 Å². The second-order valence-corrected chi connectivity index (χ2v) is 7.53. The molecule has 0 radical (unpaired) electrons. The number of hydrogen-bond donors (Lipinski definition) is 2. The summed E-state index contributed by atoms with van der Waals surface area (Å²) in [4.78, 5) is 19.0. The van der Waals surface area contributed by atoms with Crippen LogP contribution in [0.2, 0.25) is 0 Å². The summed E-state index contributed by atoms with van der Waals surface area (Å²) in [5, 5.41) is 5.64. The SMILES string of the molecule is CC1CN(Cc2cccc(CNC(=O)c3csc(CCN)n3)c2)CCO1.Cl.Cl. The molecule has 1 fully saturated rings. The average molecular weight is 447 g/mol. The standard InChI is InChI=1S/C19H26N4O2S.2ClH/c1-14-11-23(7-8-25-14)12-16-4-2-3-15(9-16)10-21-19(24)17-13-26-18(22-17)5-6-20;;/h2-4,9,13-14H,5-8,10-12,20H2,1H3,(H,21,24);2*1H. The van der Waals surface area contributed by atoms with E-state index in [9.17, 15) is 4.79 Å². The van der Waals surface area contributed by atoms with Crippen molar-refractivity contribution in [1.29, 1.82) is 0 Å². The first kappa shape index (κ1) is 24.8. The highest BCUT2D eigenvalue weighted by Crippen LogP contribution is 2.13. The zero-order valence-corrected chi connectivity index (χ0v) is 18.4. The van der Waals surface area contributed by atoms with Gasteiger partial charge in [0.2, 0.25) is 0 Å². The van der Waals surface area contributed by atoms with E-state index in [4.69, 9.17) is 10.5 Å². The predicted octanol–water partition coefficient (Wildman–Crippen LogP) is 2.64. The van der Waals surface area contributed by atoms with Crippen LogP contribution in [0.5, 0.6) is 0 Å². The lowest BCUT2D eigenvalue weighted by Crippen LogP contribution is -2.40. The van der Waals surface area contributed by atoms with Gasteiger partial charge in [0.15, 0.2) is 0 Å². The maximum atomic E-state index is 12.3. The molecule has 1 saturated heterocycles. The smallest absolute Gasteiger partial charge is 0.271 e. The second kappa shape index (κ2) is 12.4. The van der Waals surface area contributed by atoms with Gasteiger partial charge in [-0.05, 0) is 24.6 Å². The maximum Gasteiger partial charge on any atom is 0.271 e. The second-order valence-electron chi connectivity index (χ2n) is 6.58. The monoisotopic (exact) mass is 446 g/mol. The first-order valence-corrected chi connectivity index (χ1v) is 9.86. The van der Waals surface area contributed by atoms with E-state index in [0.29, 0.717) is 25.2 Å². The van der Waals surface area contributed by atoms with E-state index in [1.54, 1.807) is 5.38 Å². The zero-order chi connectivity index (χ0) is 18.4. The molecule has 3 N–H and O–H groups in total. The first-order chi connectivity index (χ1) is 12.6. The van der Waals surface area contributed by atoms with Gasteiger partial charge in [-0.15, -0.1) is 36.2 Å². The maximum absolute atomic E-state index is 12.3. The Balaban J connectivity index is 0.00000196. The van der Waals surface area contributed by atoms with E-state index in [1.165, 1.54) is 16.9 Å². The van der Waals surface area contributed by atoms with Gasteiger partial charge < -0.3 is 15.8 Å². The van der Waals surface area contributed by atoms with Crippen LogP contribution in [0.15, 0.2) is 29.6 Å². The lowest BCUT2D eigenvalue weighted by atomic mass is 10.1. The molecule has 28 heavy (non-hydrogen) atoms. The van der Waals surface area contributed by atoms with Crippen LogP contribution in [-0.2, 0) is 24.2 Å². The van der Waals surface area contributed by atoms with Crippen LogP contribution < -0.4 is 11.1 Å². The molecule has 0 aliphatic carbocycles. The Kier molecular flexibility index (Phi) is 11.0. The predicted molar refractivity (Wildman–Crippen MR) is 118 cm³/mol. The number of amides is 1. The topological polar surface area (TPSA) is 80.5 Å². The molecule has 9 heteroatoms. The van der Waals surface area contributed by atoms with Crippen molar-refractivity contribution in [3.05, 3.63) is 51.5 Å². The van der Waals surface area contributed by atoms with Gasteiger partial charge in [0.25, 0.3) is 5.91 Å². The summed E-state index contributed by atoms with van der Waals surface area (Å²) < 4.78 is 5.59. The van der Waals surface area contributed by atoms with Crippen LogP contribution in [0.4, 0.5) is 0 Å². The van der Waals surface area contributed by atoms with E-state index in [2.05, 4.69) is 34.3 Å². The summed E-state index contributed by atoms with van der Waals surface area (Å²) in [6, 6.07) is 8.36. The number of benzene rings is 1. The van der Waals surface area contributed by atoms with E-state index in [0.717, 1.165) is 36.8 Å². The number of carbonyl (C=O) groups is 1. The summed E-state index contributed by atoms with van der Waals surface area (Å²) in [6.45, 7) is 6.76. The molecule has 6 nitrogen and oxygen atoms in total. The molecule has 1 aromatic carbocycles. The van der Waals surface area contributed by atoms with Gasteiger partial charge in [-0.1, -0.05) is 24.3 Å². The van der Waals surface area contributed by atoms with Gasteiger partial charge in [-0.25, -0.2) is 4.98 Å². The number of nitrogens with two attached hydrogens (primary N) is 1. The Morgan fingerprint density at radius 2 is 2.18 bits per heavy atom. The number of rotatable bonds is 7. The van der Waals surface area contributed by atoms with Crippen molar-refractivity contribution < 1.29 is 9.53 Å². The van der Waals surface area contributed by atoms with Crippen molar-refractivity contribution in [3.8, 4) is 0 Å². The molecule has 1 aromatic heterocycles. The Bertz CT molecular complexity index is 744. The van der Waals surface area contributed by atoms with Crippen molar-refractivity contribution in [2.45, 2.75) is 32.5 Å². The molecule has 2 heterocycles. The summed E-state index contributed by atoms with van der Waals surface area (Å²) in [5.41, 5.74) is 8.34. The Morgan fingerprint density at radius 1 is 1.39 bits per heavy atom. The van der Waals surface area contributed by atoms with Gasteiger partial charge in [-0.3, -0.25) is 9.69 Å². The fraction of sp³-hybridized carbons (Fsp3) is 0.474. The van der Waals surface area contributed by atoms with E-state index >= 15 is 0 Å². The number of carbonyl (C=O) groups excluding carboxylic acids is 1. The number of morpholine rings is 1.